The largest absolute Gasteiger partial charge is 0.372 e. The quantitative estimate of drug-likeness (QED) is 0.933. The molecular formula is C14H18BrN3. The Morgan fingerprint density at radius 3 is 3.00 bits per heavy atom. The van der Waals surface area contributed by atoms with Crippen molar-refractivity contribution in [1.29, 1.82) is 5.26 Å². The number of anilines is 1. The van der Waals surface area contributed by atoms with Gasteiger partial charge in [-0.05, 0) is 37.6 Å². The molecule has 0 radical (unpaired) electrons. The number of likely N-dealkylation sites (N-methyl/N-ethyl adjacent to an activating group) is 1. The number of benzene rings is 1. The van der Waals surface area contributed by atoms with Crippen LogP contribution in [-0.4, -0.2) is 26.2 Å². The van der Waals surface area contributed by atoms with Gasteiger partial charge in [0.05, 0.1) is 11.3 Å². The molecule has 0 saturated carbocycles. The van der Waals surface area contributed by atoms with E-state index in [1.54, 1.807) is 0 Å². The Kier molecular flexibility index (Phi) is 4.62. The monoisotopic (exact) mass is 307 g/mol. The van der Waals surface area contributed by atoms with Crippen LogP contribution >= 0.6 is 15.9 Å². The second-order valence-corrected chi connectivity index (χ2v) is 5.72. The number of piperidine rings is 1. The summed E-state index contributed by atoms with van der Waals surface area (Å²) < 4.78 is 0.951. The van der Waals surface area contributed by atoms with Gasteiger partial charge in [-0.2, -0.15) is 5.26 Å². The smallest absolute Gasteiger partial charge is 0.101 e. The van der Waals surface area contributed by atoms with Crippen LogP contribution in [0.15, 0.2) is 22.7 Å². The molecule has 18 heavy (non-hydrogen) atoms. The number of hydrogen-bond acceptors (Lipinski definition) is 3. The summed E-state index contributed by atoms with van der Waals surface area (Å²) in [7, 11) is 2.06. The van der Waals surface area contributed by atoms with Gasteiger partial charge in [0.15, 0.2) is 0 Å². The molecule has 96 valence electrons. The lowest BCUT2D eigenvalue weighted by molar-refractivity contribution is 0.403. The summed E-state index contributed by atoms with van der Waals surface area (Å²) in [5.74, 6) is 0. The molecule has 1 aromatic rings. The van der Waals surface area contributed by atoms with Crippen molar-refractivity contribution in [3.05, 3.63) is 28.2 Å². The second kappa shape index (κ2) is 6.21. The Hall–Kier alpha value is -1.05. The van der Waals surface area contributed by atoms with E-state index >= 15 is 0 Å². The summed E-state index contributed by atoms with van der Waals surface area (Å²) in [5.41, 5.74) is 1.73. The minimum absolute atomic E-state index is 0.541. The Morgan fingerprint density at radius 2 is 2.33 bits per heavy atom. The minimum Gasteiger partial charge on any atom is -0.372 e. The van der Waals surface area contributed by atoms with Crippen LogP contribution in [-0.2, 0) is 0 Å². The maximum Gasteiger partial charge on any atom is 0.101 e. The van der Waals surface area contributed by atoms with E-state index in [1.807, 2.05) is 18.2 Å². The number of hydrogen-bond donors (Lipinski definition) is 1. The standard InChI is InChI=1S/C14H18BrN3/c1-18(10-13-4-2-3-7-17-13)14-6-5-12(15)8-11(14)9-16/h5-6,8,13,17H,2-4,7,10H2,1H3. The van der Waals surface area contributed by atoms with E-state index in [1.165, 1.54) is 19.3 Å². The van der Waals surface area contributed by atoms with E-state index in [0.717, 1.165) is 28.8 Å². The van der Waals surface area contributed by atoms with Crippen LogP contribution in [0, 0.1) is 11.3 Å². The predicted molar refractivity (Wildman–Crippen MR) is 77.8 cm³/mol. The lowest BCUT2D eigenvalue weighted by Crippen LogP contribution is -2.42. The molecule has 2 rings (SSSR count). The van der Waals surface area contributed by atoms with Crippen molar-refractivity contribution in [3.63, 3.8) is 0 Å². The van der Waals surface area contributed by atoms with Crippen LogP contribution in [0.25, 0.3) is 0 Å². The summed E-state index contributed by atoms with van der Waals surface area (Å²) in [5, 5.41) is 12.7. The Morgan fingerprint density at radius 1 is 1.50 bits per heavy atom. The molecule has 1 fully saturated rings. The molecule has 1 heterocycles. The summed E-state index contributed by atoms with van der Waals surface area (Å²) in [6.45, 7) is 2.07. The molecule has 1 aromatic carbocycles. The zero-order chi connectivity index (χ0) is 13.0. The van der Waals surface area contributed by atoms with E-state index in [-0.39, 0.29) is 0 Å². The van der Waals surface area contributed by atoms with E-state index in [9.17, 15) is 5.26 Å². The van der Waals surface area contributed by atoms with Crippen molar-refractivity contribution in [1.82, 2.24) is 5.32 Å². The van der Waals surface area contributed by atoms with Crippen LogP contribution in [0.4, 0.5) is 5.69 Å². The lowest BCUT2D eigenvalue weighted by Gasteiger charge is -2.29. The van der Waals surface area contributed by atoms with Crippen LogP contribution in [0.2, 0.25) is 0 Å². The third kappa shape index (κ3) is 3.24. The van der Waals surface area contributed by atoms with E-state index in [4.69, 9.17) is 0 Å². The molecule has 1 atom stereocenters. The molecular weight excluding hydrogens is 290 g/mol. The van der Waals surface area contributed by atoms with Crippen LogP contribution < -0.4 is 10.2 Å². The maximum absolute atomic E-state index is 9.18. The van der Waals surface area contributed by atoms with Gasteiger partial charge in [-0.25, -0.2) is 0 Å². The fourth-order valence-electron chi connectivity index (χ4n) is 2.44. The molecule has 1 unspecified atom stereocenters. The molecule has 1 saturated heterocycles. The third-order valence-electron chi connectivity index (χ3n) is 3.40. The van der Waals surface area contributed by atoms with Gasteiger partial charge in [-0.1, -0.05) is 22.4 Å². The van der Waals surface area contributed by atoms with Gasteiger partial charge in [-0.3, -0.25) is 0 Å². The molecule has 1 aliphatic rings. The highest BCUT2D eigenvalue weighted by Crippen LogP contribution is 2.23. The van der Waals surface area contributed by atoms with Crippen molar-refractivity contribution in [2.45, 2.75) is 25.3 Å². The molecule has 0 aliphatic carbocycles. The first-order chi connectivity index (χ1) is 8.70. The van der Waals surface area contributed by atoms with Crippen LogP contribution in [0.5, 0.6) is 0 Å². The number of halogens is 1. The van der Waals surface area contributed by atoms with Gasteiger partial charge in [0.2, 0.25) is 0 Å². The number of rotatable bonds is 3. The zero-order valence-electron chi connectivity index (χ0n) is 10.6. The fraction of sp³-hybridized carbons (Fsp3) is 0.500. The molecule has 4 heteroatoms. The lowest BCUT2D eigenvalue weighted by atomic mass is 10.0. The molecule has 1 N–H and O–H groups in total. The Balaban J connectivity index is 2.08. The van der Waals surface area contributed by atoms with Crippen molar-refractivity contribution in [2.75, 3.05) is 25.0 Å². The first kappa shape index (κ1) is 13.4. The van der Waals surface area contributed by atoms with Crippen LogP contribution in [0.3, 0.4) is 0 Å². The average Bonchev–Trinajstić information content (AvgIpc) is 2.39. The van der Waals surface area contributed by atoms with Gasteiger partial charge in [0, 0.05) is 24.1 Å². The SMILES string of the molecule is CN(CC1CCCCN1)c1ccc(Br)cc1C#N. The first-order valence-electron chi connectivity index (χ1n) is 6.35. The summed E-state index contributed by atoms with van der Waals surface area (Å²) >= 11 is 3.40. The molecule has 0 amide bonds. The highest BCUT2D eigenvalue weighted by molar-refractivity contribution is 9.10. The predicted octanol–water partition coefficient (Wildman–Crippen LogP) is 2.90. The van der Waals surface area contributed by atoms with Crippen molar-refractivity contribution in [3.8, 4) is 6.07 Å². The van der Waals surface area contributed by atoms with E-state index in [0.29, 0.717) is 6.04 Å². The molecule has 3 nitrogen and oxygen atoms in total. The molecule has 0 bridgehead atoms. The molecule has 0 spiro atoms. The maximum atomic E-state index is 9.18. The van der Waals surface area contributed by atoms with Gasteiger partial charge in [-0.15, -0.1) is 0 Å². The van der Waals surface area contributed by atoms with Crippen LogP contribution in [0.1, 0.15) is 24.8 Å². The zero-order valence-corrected chi connectivity index (χ0v) is 12.2. The van der Waals surface area contributed by atoms with Crippen molar-refractivity contribution < 1.29 is 0 Å². The topological polar surface area (TPSA) is 39.1 Å². The average molecular weight is 308 g/mol. The molecule has 0 aromatic heterocycles. The highest BCUT2D eigenvalue weighted by Gasteiger charge is 2.16. The third-order valence-corrected chi connectivity index (χ3v) is 3.89. The second-order valence-electron chi connectivity index (χ2n) is 4.80. The Bertz CT molecular complexity index is 447. The normalized spacial score (nSPS) is 19.3. The first-order valence-corrected chi connectivity index (χ1v) is 7.14. The van der Waals surface area contributed by atoms with E-state index in [2.05, 4.69) is 39.3 Å². The summed E-state index contributed by atoms with van der Waals surface area (Å²) in [6, 6.07) is 8.67. The number of nitrogens with one attached hydrogen (secondary N) is 1. The van der Waals surface area contributed by atoms with Gasteiger partial charge in [0.25, 0.3) is 0 Å². The van der Waals surface area contributed by atoms with Gasteiger partial charge in [0.1, 0.15) is 6.07 Å². The van der Waals surface area contributed by atoms with E-state index < -0.39 is 0 Å². The van der Waals surface area contributed by atoms with Gasteiger partial charge < -0.3 is 10.2 Å². The summed E-state index contributed by atoms with van der Waals surface area (Å²) in [4.78, 5) is 2.17. The Labute approximate surface area is 117 Å². The highest BCUT2D eigenvalue weighted by atomic mass is 79.9. The van der Waals surface area contributed by atoms with Crippen molar-refractivity contribution in [2.24, 2.45) is 0 Å². The summed E-state index contributed by atoms with van der Waals surface area (Å²) in [6.07, 6.45) is 3.81. The molecule has 1 aliphatic heterocycles. The number of nitriles is 1. The van der Waals surface area contributed by atoms with Gasteiger partial charge >= 0.3 is 0 Å². The minimum atomic E-state index is 0.541. The fourth-order valence-corrected chi connectivity index (χ4v) is 2.80. The number of nitrogens with zero attached hydrogens (tertiary/aromatic N) is 2. The van der Waals surface area contributed by atoms with Crippen molar-refractivity contribution >= 4 is 21.6 Å².